The van der Waals surface area contributed by atoms with Crippen LogP contribution < -0.4 is 0 Å². The van der Waals surface area contributed by atoms with E-state index in [2.05, 4.69) is 65.8 Å². The molecule has 1 unspecified atom stereocenters. The average molecular weight is 762 g/mol. The first-order chi connectivity index (χ1) is 26.0. The summed E-state index contributed by atoms with van der Waals surface area (Å²) in [6, 6.07) is 0. The van der Waals surface area contributed by atoms with Crippen molar-refractivity contribution in [1.82, 2.24) is 4.90 Å². The molecule has 0 saturated heterocycles. The molecule has 0 heterocycles. The molecule has 0 aliphatic heterocycles. The monoisotopic (exact) mass is 762 g/mol. The quantitative estimate of drug-likeness (QED) is 0.0268. The number of rotatable bonds is 38. The van der Waals surface area contributed by atoms with Crippen LogP contribution in [0.5, 0.6) is 0 Å². The molecule has 0 spiro atoms. The zero-order valence-electron chi connectivity index (χ0n) is 36.6. The van der Waals surface area contributed by atoms with Gasteiger partial charge in [0.15, 0.2) is 0 Å². The lowest BCUT2D eigenvalue weighted by Gasteiger charge is -2.29. The van der Waals surface area contributed by atoms with Gasteiger partial charge in [0.1, 0.15) is 13.2 Å². The summed E-state index contributed by atoms with van der Waals surface area (Å²) in [6.07, 6.45) is 35.3. The van der Waals surface area contributed by atoms with E-state index in [9.17, 15) is 14.4 Å². The summed E-state index contributed by atoms with van der Waals surface area (Å²) in [5.41, 5.74) is -0.0470. The maximum Gasteiger partial charge on any atom is 0.306 e. The maximum absolute atomic E-state index is 13.0. The van der Waals surface area contributed by atoms with Crippen molar-refractivity contribution in [3.8, 4) is 0 Å². The topological polar surface area (TPSA) is 82.1 Å². The predicted molar refractivity (Wildman–Crippen MR) is 228 cm³/mol. The van der Waals surface area contributed by atoms with Crippen LogP contribution in [0.4, 0.5) is 0 Å². The predicted octanol–water partition coefficient (Wildman–Crippen LogP) is 12.8. The van der Waals surface area contributed by atoms with E-state index in [-0.39, 0.29) is 23.3 Å². The third-order valence-electron chi connectivity index (χ3n) is 10.1. The van der Waals surface area contributed by atoms with Gasteiger partial charge in [-0.1, -0.05) is 149 Å². The van der Waals surface area contributed by atoms with Gasteiger partial charge in [0.2, 0.25) is 0 Å². The van der Waals surface area contributed by atoms with Crippen molar-refractivity contribution in [2.24, 2.45) is 17.3 Å². The molecule has 316 valence electrons. The second-order valence-corrected chi connectivity index (χ2v) is 17.1. The maximum atomic E-state index is 13.0. The number of ether oxygens (including phenoxy) is 3. The third kappa shape index (κ3) is 36.8. The minimum atomic E-state index is -0.101. The number of unbranched alkanes of at least 4 members (excludes halogenated alkanes) is 16. The Bertz CT molecular complexity index is 906. The van der Waals surface area contributed by atoms with Crippen molar-refractivity contribution in [2.75, 3.05) is 40.5 Å². The Morgan fingerprint density at radius 3 is 1.48 bits per heavy atom. The lowest BCUT2D eigenvalue weighted by atomic mass is 9.84. The van der Waals surface area contributed by atoms with E-state index in [1.54, 1.807) is 0 Å². The molecule has 7 heteroatoms. The molecule has 0 N–H and O–H groups in total. The molecule has 1 atom stereocenters. The molecule has 0 radical (unpaired) electrons. The zero-order valence-corrected chi connectivity index (χ0v) is 36.6. The molecule has 0 rings (SSSR count). The lowest BCUT2D eigenvalue weighted by molar-refractivity contribution is -0.148. The van der Waals surface area contributed by atoms with Gasteiger partial charge in [-0.15, -0.1) is 0 Å². The van der Waals surface area contributed by atoms with Crippen molar-refractivity contribution in [3.05, 3.63) is 24.3 Å². The van der Waals surface area contributed by atoms with Gasteiger partial charge in [0.05, 0.1) is 6.61 Å². The van der Waals surface area contributed by atoms with Crippen LogP contribution in [0.25, 0.3) is 0 Å². The van der Waals surface area contributed by atoms with Gasteiger partial charge in [-0.05, 0) is 89.1 Å². The van der Waals surface area contributed by atoms with Crippen LogP contribution in [-0.4, -0.2) is 63.3 Å². The van der Waals surface area contributed by atoms with Gasteiger partial charge in [-0.25, -0.2) is 0 Å². The average Bonchev–Trinajstić information content (AvgIpc) is 3.11. The fourth-order valence-corrected chi connectivity index (χ4v) is 7.25. The first kappa shape index (κ1) is 51.9. The van der Waals surface area contributed by atoms with Crippen molar-refractivity contribution in [1.29, 1.82) is 0 Å². The molecule has 0 saturated carbocycles. The molecule has 0 aliphatic rings. The van der Waals surface area contributed by atoms with E-state index < -0.39 is 0 Å². The number of nitrogens with zero attached hydrogens (tertiary/aromatic N) is 1. The molecule has 0 aromatic carbocycles. The normalized spacial score (nSPS) is 12.7. The molecule has 0 bridgehead atoms. The van der Waals surface area contributed by atoms with Gasteiger partial charge in [-0.3, -0.25) is 14.4 Å². The number of hydrogen-bond acceptors (Lipinski definition) is 7. The number of carbonyl (C=O) groups excluding carboxylic acids is 3. The summed E-state index contributed by atoms with van der Waals surface area (Å²) >= 11 is 0. The Hall–Kier alpha value is -2.15. The number of carbonyl (C=O) groups is 3. The molecule has 0 aromatic rings. The summed E-state index contributed by atoms with van der Waals surface area (Å²) in [4.78, 5) is 39.4. The number of hydrogen-bond donors (Lipinski definition) is 0. The van der Waals surface area contributed by atoms with Gasteiger partial charge >= 0.3 is 17.9 Å². The minimum absolute atomic E-state index is 0.0470. The van der Waals surface area contributed by atoms with Crippen molar-refractivity contribution in [3.63, 3.8) is 0 Å². The molecule has 0 amide bonds. The van der Waals surface area contributed by atoms with Crippen LogP contribution in [0.1, 0.15) is 202 Å². The van der Waals surface area contributed by atoms with Gasteiger partial charge < -0.3 is 19.1 Å². The van der Waals surface area contributed by atoms with Crippen molar-refractivity contribution in [2.45, 2.75) is 202 Å². The first-order valence-corrected chi connectivity index (χ1v) is 22.4. The summed E-state index contributed by atoms with van der Waals surface area (Å²) in [5.74, 6) is 0.601. The highest BCUT2D eigenvalue weighted by atomic mass is 16.5. The standard InChI is InChI=1S/C47H87NO6/c1-8-10-12-14-16-24-30-36-52-44(49)34-28-22-18-20-26-32-43(38-46(51)54-41-47(4,5)39-42(3)40-48(6)7)33-27-21-19-23-29-35-45(50)53-37-31-25-17-15-13-11-9-2/h24-25,30-31,42-43H,8-23,26-29,32-41H2,1-7H3/b30-24-,31-25-. The van der Waals surface area contributed by atoms with Gasteiger partial charge in [-0.2, -0.15) is 0 Å². The molecule has 0 fully saturated rings. The summed E-state index contributed by atoms with van der Waals surface area (Å²) in [6.45, 7) is 13.4. The van der Waals surface area contributed by atoms with Crippen molar-refractivity contribution < 1.29 is 28.6 Å². The highest BCUT2D eigenvalue weighted by molar-refractivity contribution is 5.70. The second-order valence-electron chi connectivity index (χ2n) is 17.1. The van der Waals surface area contributed by atoms with E-state index >= 15 is 0 Å². The van der Waals surface area contributed by atoms with E-state index in [4.69, 9.17) is 14.2 Å². The first-order valence-electron chi connectivity index (χ1n) is 22.4. The zero-order chi connectivity index (χ0) is 40.1. The second kappa shape index (κ2) is 36.5. The number of esters is 3. The summed E-state index contributed by atoms with van der Waals surface area (Å²) < 4.78 is 16.6. The van der Waals surface area contributed by atoms with Gasteiger partial charge in [0, 0.05) is 25.8 Å². The molecule has 0 aliphatic carbocycles. The largest absolute Gasteiger partial charge is 0.465 e. The Morgan fingerprint density at radius 2 is 1.02 bits per heavy atom. The van der Waals surface area contributed by atoms with Crippen LogP contribution in [0, 0.1) is 17.3 Å². The Kier molecular flexibility index (Phi) is 35.0. The van der Waals surface area contributed by atoms with E-state index in [0.29, 0.717) is 50.9 Å². The molecular weight excluding hydrogens is 675 g/mol. The van der Waals surface area contributed by atoms with Gasteiger partial charge in [0.25, 0.3) is 0 Å². The summed E-state index contributed by atoms with van der Waals surface area (Å²) in [5, 5.41) is 0. The Labute approximate surface area is 334 Å². The Morgan fingerprint density at radius 1 is 0.574 bits per heavy atom. The van der Waals surface area contributed by atoms with E-state index in [0.717, 1.165) is 103 Å². The van der Waals surface area contributed by atoms with Crippen LogP contribution in [0.15, 0.2) is 24.3 Å². The lowest BCUT2D eigenvalue weighted by Crippen LogP contribution is -2.29. The molecular formula is C47H87NO6. The fourth-order valence-electron chi connectivity index (χ4n) is 7.25. The third-order valence-corrected chi connectivity index (χ3v) is 10.1. The molecule has 0 aromatic heterocycles. The number of allylic oxidation sites excluding steroid dienone is 2. The van der Waals surface area contributed by atoms with Crippen LogP contribution in [-0.2, 0) is 28.6 Å². The highest BCUT2D eigenvalue weighted by Gasteiger charge is 2.24. The van der Waals surface area contributed by atoms with Crippen LogP contribution >= 0.6 is 0 Å². The minimum Gasteiger partial charge on any atom is -0.465 e. The van der Waals surface area contributed by atoms with E-state index in [1.165, 1.54) is 51.4 Å². The van der Waals surface area contributed by atoms with Crippen LogP contribution in [0.3, 0.4) is 0 Å². The fraction of sp³-hybridized carbons (Fsp3) is 0.851. The molecule has 54 heavy (non-hydrogen) atoms. The van der Waals surface area contributed by atoms with E-state index in [1.807, 2.05) is 12.2 Å². The Balaban J connectivity index is 4.48. The van der Waals surface area contributed by atoms with Crippen LogP contribution in [0.2, 0.25) is 0 Å². The SMILES string of the molecule is CCCCCC/C=C\COC(=O)CCCCCCCC(CCCCCCCC(=O)OC/C=C\CCCCCC)CC(=O)OCC(C)(C)CC(C)CN(C)C. The summed E-state index contributed by atoms with van der Waals surface area (Å²) in [7, 11) is 4.20. The van der Waals surface area contributed by atoms with Crippen molar-refractivity contribution >= 4 is 17.9 Å². The highest BCUT2D eigenvalue weighted by Crippen LogP contribution is 2.28. The smallest absolute Gasteiger partial charge is 0.306 e. The molecule has 7 nitrogen and oxygen atoms in total.